The minimum absolute atomic E-state index is 0.106. The van der Waals surface area contributed by atoms with Crippen molar-refractivity contribution in [3.05, 3.63) is 77.6 Å². The zero-order chi connectivity index (χ0) is 17.0. The van der Waals surface area contributed by atoms with E-state index in [1.165, 1.54) is 12.1 Å². The maximum atomic E-state index is 12.7. The van der Waals surface area contributed by atoms with E-state index >= 15 is 0 Å². The van der Waals surface area contributed by atoms with Crippen LogP contribution in [0.5, 0.6) is 0 Å². The molecule has 0 saturated carbocycles. The van der Waals surface area contributed by atoms with Gasteiger partial charge in [0.2, 0.25) is 0 Å². The number of rotatable bonds is 1. The Morgan fingerprint density at radius 1 is 0.750 bits per heavy atom. The third kappa shape index (κ3) is 1.65. The second kappa shape index (κ2) is 4.74. The normalized spacial score (nSPS) is 11.3. The largest absolute Gasteiger partial charge is 0.289 e. The van der Waals surface area contributed by atoms with Gasteiger partial charge < -0.3 is 0 Å². The summed E-state index contributed by atoms with van der Waals surface area (Å²) in [6, 6.07) is 9.15. The van der Waals surface area contributed by atoms with E-state index in [1.54, 1.807) is 24.3 Å². The summed E-state index contributed by atoms with van der Waals surface area (Å²) in [4.78, 5) is 50.0. The number of benzene rings is 3. The van der Waals surface area contributed by atoms with Crippen molar-refractivity contribution in [3.8, 4) is 12.3 Å². The van der Waals surface area contributed by atoms with Crippen LogP contribution in [0.4, 0.5) is 0 Å². The zero-order valence-corrected chi connectivity index (χ0v) is 12.3. The molecule has 0 aliphatic carbocycles. The molecule has 0 atom stereocenters. The molecule has 1 heterocycles. The van der Waals surface area contributed by atoms with Crippen molar-refractivity contribution in [2.24, 2.45) is 0 Å². The van der Waals surface area contributed by atoms with Gasteiger partial charge in [-0.3, -0.25) is 23.7 Å². The lowest BCUT2D eigenvalue weighted by Gasteiger charge is -2.00. The predicted octanol–water partition coefficient (Wildman–Crippen LogP) is 0.897. The van der Waals surface area contributed by atoms with Crippen molar-refractivity contribution in [2.45, 2.75) is 6.54 Å². The Labute approximate surface area is 134 Å². The monoisotopic (exact) mass is 315 g/mol. The molecule has 1 aromatic heterocycles. The Kier molecular flexibility index (Phi) is 2.78. The number of hydrogen-bond acceptors (Lipinski definition) is 4. The first-order valence-electron chi connectivity index (χ1n) is 7.20. The van der Waals surface area contributed by atoms with E-state index < -0.39 is 11.1 Å². The van der Waals surface area contributed by atoms with Crippen LogP contribution in [0.25, 0.3) is 32.3 Å². The fraction of sp³-hybridized carbons (Fsp3) is 0.0526. The van der Waals surface area contributed by atoms with Crippen molar-refractivity contribution < 1.29 is 0 Å². The van der Waals surface area contributed by atoms with E-state index in [0.29, 0.717) is 10.8 Å². The summed E-state index contributed by atoms with van der Waals surface area (Å²) in [6.45, 7) is -0.154. The standard InChI is InChI=1S/C19H9NO4/c1-2-7-20-18(23)14-8-12-13(9-15(14)19(20)24)17(22)11-6-4-3-5-10(11)16(12)21/h1,3-6,8-9H,7H2. The average molecular weight is 315 g/mol. The van der Waals surface area contributed by atoms with Gasteiger partial charge in [-0.05, 0) is 12.1 Å². The second-order valence-corrected chi connectivity index (χ2v) is 5.55. The van der Waals surface area contributed by atoms with Crippen LogP contribution in [-0.2, 0) is 6.54 Å². The lowest BCUT2D eigenvalue weighted by Crippen LogP contribution is -2.24. The summed E-state index contributed by atoms with van der Waals surface area (Å²) in [5.41, 5.74) is -1.76. The topological polar surface area (TPSA) is 73.2 Å². The summed E-state index contributed by atoms with van der Waals surface area (Å²) in [5.74, 6) is 2.26. The summed E-state index contributed by atoms with van der Waals surface area (Å²) < 4.78 is 0.929. The number of hydrogen-bond donors (Lipinski definition) is 0. The molecule has 0 saturated heterocycles. The van der Waals surface area contributed by atoms with Crippen LogP contribution >= 0.6 is 0 Å². The Balaban J connectivity index is 2.33. The molecule has 0 unspecified atom stereocenters. The number of terminal acetylenes is 1. The van der Waals surface area contributed by atoms with Crippen LogP contribution in [-0.4, -0.2) is 4.57 Å². The highest BCUT2D eigenvalue weighted by Crippen LogP contribution is 2.17. The zero-order valence-electron chi connectivity index (χ0n) is 12.3. The third-order valence-electron chi connectivity index (χ3n) is 4.26. The van der Waals surface area contributed by atoms with E-state index in [-0.39, 0.29) is 38.9 Å². The molecule has 0 amide bonds. The molecule has 0 radical (unpaired) electrons. The molecule has 4 aromatic rings. The highest BCUT2D eigenvalue weighted by Gasteiger charge is 2.17. The van der Waals surface area contributed by atoms with Crippen molar-refractivity contribution in [3.63, 3.8) is 0 Å². The first kappa shape index (κ1) is 14.1. The summed E-state index contributed by atoms with van der Waals surface area (Å²) in [5, 5.41) is 1.09. The molecule has 0 bridgehead atoms. The molecule has 0 N–H and O–H groups in total. The molecular formula is C19H9NO4. The molecule has 5 nitrogen and oxygen atoms in total. The average Bonchev–Trinajstić information content (AvgIpc) is 2.83. The fourth-order valence-corrected chi connectivity index (χ4v) is 3.12. The molecule has 4 rings (SSSR count). The lowest BCUT2D eigenvalue weighted by atomic mass is 10.0. The number of aromatic nitrogens is 1. The Morgan fingerprint density at radius 3 is 1.62 bits per heavy atom. The van der Waals surface area contributed by atoms with E-state index in [0.717, 1.165) is 4.57 Å². The van der Waals surface area contributed by atoms with Gasteiger partial charge in [-0.25, -0.2) is 0 Å². The highest BCUT2D eigenvalue weighted by molar-refractivity contribution is 6.04. The van der Waals surface area contributed by atoms with Crippen LogP contribution in [0.3, 0.4) is 0 Å². The minimum atomic E-state index is -0.546. The van der Waals surface area contributed by atoms with Crippen LogP contribution in [0.2, 0.25) is 0 Å². The van der Waals surface area contributed by atoms with Crippen LogP contribution < -0.4 is 22.0 Å². The van der Waals surface area contributed by atoms with Crippen molar-refractivity contribution >= 4 is 32.3 Å². The molecular weight excluding hydrogens is 306 g/mol. The third-order valence-corrected chi connectivity index (χ3v) is 4.26. The molecule has 0 spiro atoms. The van der Waals surface area contributed by atoms with Gasteiger partial charge in [0.1, 0.15) is 0 Å². The second-order valence-electron chi connectivity index (χ2n) is 5.55. The van der Waals surface area contributed by atoms with Gasteiger partial charge in [-0.1, -0.05) is 30.2 Å². The van der Waals surface area contributed by atoms with E-state index in [4.69, 9.17) is 6.42 Å². The van der Waals surface area contributed by atoms with Gasteiger partial charge in [0.05, 0.1) is 17.3 Å². The van der Waals surface area contributed by atoms with E-state index in [1.807, 2.05) is 0 Å². The Morgan fingerprint density at radius 2 is 1.21 bits per heavy atom. The first-order chi connectivity index (χ1) is 11.5. The van der Waals surface area contributed by atoms with Gasteiger partial charge >= 0.3 is 0 Å². The molecule has 0 aliphatic rings. The Hall–Kier alpha value is -3.52. The quantitative estimate of drug-likeness (QED) is 0.386. The SMILES string of the molecule is C#CCn1c(=O)c2cc3c(=O)c4ccccc4c(=O)c3cc2c1=O. The van der Waals surface area contributed by atoms with E-state index in [9.17, 15) is 19.2 Å². The molecule has 3 aromatic carbocycles. The first-order valence-corrected chi connectivity index (χ1v) is 7.20. The summed E-state index contributed by atoms with van der Waals surface area (Å²) in [6.07, 6.45) is 5.19. The van der Waals surface area contributed by atoms with Crippen molar-refractivity contribution in [2.75, 3.05) is 0 Å². The van der Waals surface area contributed by atoms with Crippen molar-refractivity contribution in [1.29, 1.82) is 0 Å². The number of fused-ring (bicyclic) bond motifs is 3. The van der Waals surface area contributed by atoms with Gasteiger partial charge in [0, 0.05) is 21.5 Å². The maximum Gasteiger partial charge on any atom is 0.262 e. The molecule has 24 heavy (non-hydrogen) atoms. The van der Waals surface area contributed by atoms with Gasteiger partial charge in [-0.2, -0.15) is 0 Å². The predicted molar refractivity (Wildman–Crippen MR) is 93.2 cm³/mol. The summed E-state index contributed by atoms with van der Waals surface area (Å²) in [7, 11) is 0. The maximum absolute atomic E-state index is 12.7. The van der Waals surface area contributed by atoms with Gasteiger partial charge in [0.25, 0.3) is 11.1 Å². The smallest absolute Gasteiger partial charge is 0.262 e. The molecule has 0 aliphatic heterocycles. The fourth-order valence-electron chi connectivity index (χ4n) is 3.12. The minimum Gasteiger partial charge on any atom is -0.289 e. The highest BCUT2D eigenvalue weighted by atomic mass is 16.2. The van der Waals surface area contributed by atoms with Crippen LogP contribution in [0.1, 0.15) is 0 Å². The lowest BCUT2D eigenvalue weighted by molar-refractivity contribution is 0.792. The Bertz CT molecular complexity index is 1310. The molecule has 114 valence electrons. The molecule has 5 heteroatoms. The van der Waals surface area contributed by atoms with Crippen molar-refractivity contribution in [1.82, 2.24) is 4.57 Å². The number of nitrogens with zero attached hydrogens (tertiary/aromatic N) is 1. The summed E-state index contributed by atoms with van der Waals surface area (Å²) >= 11 is 0. The molecule has 0 fully saturated rings. The van der Waals surface area contributed by atoms with E-state index in [2.05, 4.69) is 5.92 Å². The van der Waals surface area contributed by atoms with Gasteiger partial charge in [0.15, 0.2) is 10.9 Å². The van der Waals surface area contributed by atoms with Crippen LogP contribution in [0.15, 0.2) is 55.6 Å². The van der Waals surface area contributed by atoms with Crippen LogP contribution in [0, 0.1) is 12.3 Å². The van der Waals surface area contributed by atoms with Gasteiger partial charge in [-0.15, -0.1) is 6.42 Å².